The van der Waals surface area contributed by atoms with E-state index in [1.54, 1.807) is 0 Å². The molecule has 0 saturated heterocycles. The fourth-order valence-electron chi connectivity index (χ4n) is 1.92. The molecule has 0 aliphatic rings. The van der Waals surface area contributed by atoms with Crippen molar-refractivity contribution >= 4 is 5.96 Å². The zero-order valence-electron chi connectivity index (χ0n) is 12.5. The van der Waals surface area contributed by atoms with E-state index in [1.807, 2.05) is 20.3 Å². The summed E-state index contributed by atoms with van der Waals surface area (Å²) in [6.07, 6.45) is 9.35. The molecule has 0 bridgehead atoms. The Morgan fingerprint density at radius 3 is 2.39 bits per heavy atom. The molecule has 18 heavy (non-hydrogen) atoms. The van der Waals surface area contributed by atoms with Crippen LogP contribution in [0, 0.1) is 11.5 Å². The molecule has 0 spiro atoms. The molecule has 0 aromatic heterocycles. The van der Waals surface area contributed by atoms with E-state index in [1.165, 1.54) is 32.1 Å². The first-order valence-corrected chi connectivity index (χ1v) is 7.11. The molecule has 0 aromatic rings. The van der Waals surface area contributed by atoms with Crippen molar-refractivity contribution in [1.29, 1.82) is 5.26 Å². The van der Waals surface area contributed by atoms with Gasteiger partial charge in [0.15, 0.2) is 0 Å². The van der Waals surface area contributed by atoms with Gasteiger partial charge in [-0.1, -0.05) is 39.5 Å². The predicted octanol–water partition coefficient (Wildman–Crippen LogP) is 2.37. The van der Waals surface area contributed by atoms with Crippen LogP contribution in [0.3, 0.4) is 0 Å². The Bertz CT molecular complexity index is 278. The predicted molar refractivity (Wildman–Crippen MR) is 76.5 cm³/mol. The average molecular weight is 253 g/mol. The summed E-state index contributed by atoms with van der Waals surface area (Å²) in [6, 6.07) is 0. The highest BCUT2D eigenvalue weighted by molar-refractivity contribution is 5.76. The summed E-state index contributed by atoms with van der Waals surface area (Å²) in [6.45, 7) is 6.39. The Balaban J connectivity index is 4.37. The third-order valence-electron chi connectivity index (χ3n) is 3.09. The maximum Gasteiger partial charge on any atom is 0.362 e. The van der Waals surface area contributed by atoms with Crippen LogP contribution in [0.2, 0.25) is 0 Å². The standard InChI is InChI=1S/C14H28N4/c1-5-7-9-10-12-18(4)14(16-13-15)17(3)11-8-6-2/h5-12H2,1-4H3/p+1. The second-order valence-electron chi connectivity index (χ2n) is 4.82. The first-order valence-electron chi connectivity index (χ1n) is 7.11. The van der Waals surface area contributed by atoms with E-state index in [0.29, 0.717) is 0 Å². The number of hydrogen-bond acceptors (Lipinski definition) is 1. The van der Waals surface area contributed by atoms with Crippen LogP contribution in [0.4, 0.5) is 0 Å². The van der Waals surface area contributed by atoms with Crippen molar-refractivity contribution in [3.63, 3.8) is 0 Å². The molecule has 1 N–H and O–H groups in total. The minimum absolute atomic E-state index is 0.919. The van der Waals surface area contributed by atoms with E-state index in [-0.39, 0.29) is 0 Å². The Labute approximate surface area is 112 Å². The van der Waals surface area contributed by atoms with Crippen LogP contribution in [0.1, 0.15) is 52.4 Å². The molecule has 4 heteroatoms. The molecular weight excluding hydrogens is 224 g/mol. The maximum absolute atomic E-state index is 8.83. The number of unbranched alkanes of at least 4 members (excludes halogenated alkanes) is 4. The largest absolute Gasteiger partial charge is 0.362 e. The summed E-state index contributed by atoms with van der Waals surface area (Å²) >= 11 is 0. The van der Waals surface area contributed by atoms with Crippen LogP contribution < -0.4 is 5.32 Å². The third kappa shape index (κ3) is 7.16. The number of rotatable bonds is 8. The molecule has 0 amide bonds. The fourth-order valence-corrected chi connectivity index (χ4v) is 1.92. The van der Waals surface area contributed by atoms with E-state index in [4.69, 9.17) is 5.26 Å². The second kappa shape index (κ2) is 10.9. The number of nitrogens with one attached hydrogen (secondary N) is 1. The molecule has 0 aromatic carbocycles. The van der Waals surface area contributed by atoms with E-state index in [9.17, 15) is 0 Å². The molecular formula is C14H29N4+. The Hall–Kier alpha value is -1.24. The van der Waals surface area contributed by atoms with E-state index in [0.717, 1.165) is 25.5 Å². The van der Waals surface area contributed by atoms with Gasteiger partial charge in [0.05, 0.1) is 27.2 Å². The summed E-state index contributed by atoms with van der Waals surface area (Å²) in [7, 11) is 4.09. The molecule has 0 rings (SSSR count). The van der Waals surface area contributed by atoms with Gasteiger partial charge in [-0.15, -0.1) is 0 Å². The van der Waals surface area contributed by atoms with Crippen LogP contribution in [0.25, 0.3) is 0 Å². The highest BCUT2D eigenvalue weighted by Gasteiger charge is 2.15. The zero-order valence-corrected chi connectivity index (χ0v) is 12.5. The van der Waals surface area contributed by atoms with E-state index < -0.39 is 0 Å². The van der Waals surface area contributed by atoms with Crippen LogP contribution >= 0.6 is 0 Å². The summed E-state index contributed by atoms with van der Waals surface area (Å²) in [4.78, 5) is 2.13. The van der Waals surface area contributed by atoms with Gasteiger partial charge >= 0.3 is 5.96 Å². The summed E-state index contributed by atoms with van der Waals surface area (Å²) in [5.41, 5.74) is 0. The summed E-state index contributed by atoms with van der Waals surface area (Å²) < 4.78 is 2.15. The number of nitriles is 1. The van der Waals surface area contributed by atoms with Crippen molar-refractivity contribution in [3.8, 4) is 6.19 Å². The lowest BCUT2D eigenvalue weighted by Gasteiger charge is -2.16. The number of hydrogen-bond donors (Lipinski definition) is 1. The monoisotopic (exact) mass is 253 g/mol. The number of guanidine groups is 1. The van der Waals surface area contributed by atoms with Gasteiger partial charge in [-0.2, -0.15) is 10.6 Å². The quantitative estimate of drug-likeness (QED) is 0.180. The van der Waals surface area contributed by atoms with Crippen molar-refractivity contribution in [3.05, 3.63) is 0 Å². The minimum atomic E-state index is 0.919. The topological polar surface area (TPSA) is 42.1 Å². The van der Waals surface area contributed by atoms with Crippen molar-refractivity contribution in [2.24, 2.45) is 0 Å². The molecule has 0 aliphatic carbocycles. The van der Waals surface area contributed by atoms with Gasteiger partial charge in [0.2, 0.25) is 0 Å². The van der Waals surface area contributed by atoms with Crippen LogP contribution in [-0.2, 0) is 0 Å². The van der Waals surface area contributed by atoms with Gasteiger partial charge in [-0.3, -0.25) is 9.48 Å². The van der Waals surface area contributed by atoms with Crippen molar-refractivity contribution in [1.82, 2.24) is 10.2 Å². The second-order valence-corrected chi connectivity index (χ2v) is 4.82. The van der Waals surface area contributed by atoms with Crippen molar-refractivity contribution in [2.45, 2.75) is 52.4 Å². The van der Waals surface area contributed by atoms with Crippen molar-refractivity contribution in [2.75, 3.05) is 27.2 Å². The summed E-state index contributed by atoms with van der Waals surface area (Å²) in [5.74, 6) is 0.919. The molecule has 4 nitrogen and oxygen atoms in total. The van der Waals surface area contributed by atoms with Crippen LogP contribution in [0.5, 0.6) is 0 Å². The van der Waals surface area contributed by atoms with Gasteiger partial charge in [0, 0.05) is 0 Å². The zero-order chi connectivity index (χ0) is 13.8. The molecule has 0 aliphatic heterocycles. The molecule has 0 radical (unpaired) electrons. The molecule has 0 saturated carbocycles. The van der Waals surface area contributed by atoms with Crippen molar-refractivity contribution < 1.29 is 4.58 Å². The van der Waals surface area contributed by atoms with Gasteiger partial charge in [0.25, 0.3) is 6.19 Å². The normalized spacial score (nSPS) is 11.7. The lowest BCUT2D eigenvalue weighted by molar-refractivity contribution is -0.504. The Kier molecular flexibility index (Phi) is 10.1. The lowest BCUT2D eigenvalue weighted by atomic mass is 10.2. The van der Waals surface area contributed by atoms with Gasteiger partial charge in [-0.05, 0) is 12.8 Å². The molecule has 0 unspecified atom stereocenters. The Morgan fingerprint density at radius 1 is 1.17 bits per heavy atom. The first kappa shape index (κ1) is 16.8. The highest BCUT2D eigenvalue weighted by Crippen LogP contribution is 1.99. The Morgan fingerprint density at radius 2 is 1.83 bits per heavy atom. The summed E-state index contributed by atoms with van der Waals surface area (Å²) in [5, 5.41) is 11.6. The molecule has 0 fully saturated rings. The molecule has 0 atom stereocenters. The molecule has 104 valence electrons. The first-order chi connectivity index (χ1) is 8.67. The smallest absolute Gasteiger partial charge is 0.267 e. The SMILES string of the molecule is CCCCCC[N+](C)=C(NC#N)N(C)CCCC. The van der Waals surface area contributed by atoms with Gasteiger partial charge in [0.1, 0.15) is 0 Å². The minimum Gasteiger partial charge on any atom is -0.267 e. The van der Waals surface area contributed by atoms with Gasteiger partial charge in [-0.25, -0.2) is 0 Å². The lowest BCUT2D eigenvalue weighted by Crippen LogP contribution is -2.43. The van der Waals surface area contributed by atoms with Crippen LogP contribution in [-0.4, -0.2) is 42.6 Å². The third-order valence-corrected chi connectivity index (χ3v) is 3.09. The fraction of sp³-hybridized carbons (Fsp3) is 0.857. The highest BCUT2D eigenvalue weighted by atomic mass is 15.3. The maximum atomic E-state index is 8.83. The average Bonchev–Trinajstić information content (AvgIpc) is 2.38. The number of nitrogens with zero attached hydrogens (tertiary/aromatic N) is 3. The molecule has 0 heterocycles. The van der Waals surface area contributed by atoms with E-state index in [2.05, 4.69) is 28.6 Å². The van der Waals surface area contributed by atoms with E-state index >= 15 is 0 Å². The van der Waals surface area contributed by atoms with Crippen LogP contribution in [0.15, 0.2) is 0 Å². The van der Waals surface area contributed by atoms with Gasteiger partial charge < -0.3 is 0 Å².